The molecule has 0 aliphatic rings. The first kappa shape index (κ1) is 9.03. The molecule has 0 radical (unpaired) electrons. The first-order chi connectivity index (χ1) is 6.86. The Morgan fingerprint density at radius 1 is 1.07 bits per heavy atom. The van der Waals surface area contributed by atoms with E-state index in [0.29, 0.717) is 10.9 Å². The minimum absolute atomic E-state index is 0.362. The van der Waals surface area contributed by atoms with Crippen molar-refractivity contribution in [2.24, 2.45) is 4.99 Å². The summed E-state index contributed by atoms with van der Waals surface area (Å²) in [5.41, 5.74) is 0.814. The van der Waals surface area contributed by atoms with Crippen LogP contribution in [0.25, 0.3) is 0 Å². The van der Waals surface area contributed by atoms with Crippen LogP contribution in [0.4, 0.5) is 5.69 Å². The van der Waals surface area contributed by atoms with Crippen molar-refractivity contribution in [2.45, 2.75) is 0 Å². The maximum Gasteiger partial charge on any atom is 0.172 e. The molecule has 0 unspecified atom stereocenters. The molecule has 0 spiro atoms. The standard InChI is InChI=1S/C11H8ClNO/c12-11(10-7-4-8-14-10)13-9-5-2-1-3-6-9/h1-8H. The summed E-state index contributed by atoms with van der Waals surface area (Å²) < 4.78 is 5.10. The van der Waals surface area contributed by atoms with Gasteiger partial charge in [0.05, 0.1) is 12.0 Å². The summed E-state index contributed by atoms with van der Waals surface area (Å²) in [4.78, 5) is 4.19. The predicted octanol–water partition coefficient (Wildman–Crippen LogP) is 3.60. The molecule has 0 saturated heterocycles. The molecule has 0 aliphatic heterocycles. The second-order valence-corrected chi connectivity index (χ2v) is 3.07. The Bertz CT molecular complexity index is 420. The minimum Gasteiger partial charge on any atom is -0.462 e. The van der Waals surface area contributed by atoms with E-state index in [9.17, 15) is 0 Å². The summed E-state index contributed by atoms with van der Waals surface area (Å²) in [5, 5.41) is 0.362. The fourth-order valence-electron chi connectivity index (χ4n) is 1.07. The van der Waals surface area contributed by atoms with Gasteiger partial charge in [0, 0.05) is 0 Å². The van der Waals surface area contributed by atoms with E-state index in [1.54, 1.807) is 18.4 Å². The molecule has 0 saturated carbocycles. The molecule has 2 aromatic rings. The van der Waals surface area contributed by atoms with E-state index in [1.807, 2.05) is 30.3 Å². The maximum absolute atomic E-state index is 5.94. The normalized spacial score (nSPS) is 11.6. The summed E-state index contributed by atoms with van der Waals surface area (Å²) >= 11 is 5.94. The van der Waals surface area contributed by atoms with Crippen molar-refractivity contribution in [3.63, 3.8) is 0 Å². The van der Waals surface area contributed by atoms with E-state index >= 15 is 0 Å². The van der Waals surface area contributed by atoms with Gasteiger partial charge in [-0.3, -0.25) is 0 Å². The predicted molar refractivity (Wildman–Crippen MR) is 57.2 cm³/mol. The molecule has 70 valence electrons. The van der Waals surface area contributed by atoms with Crippen molar-refractivity contribution in [1.29, 1.82) is 0 Å². The molecular formula is C11H8ClNO. The molecule has 2 nitrogen and oxygen atoms in total. The van der Waals surface area contributed by atoms with Gasteiger partial charge in [0.1, 0.15) is 0 Å². The second-order valence-electron chi connectivity index (χ2n) is 2.72. The number of para-hydroxylation sites is 1. The Morgan fingerprint density at radius 2 is 1.86 bits per heavy atom. The Morgan fingerprint density at radius 3 is 2.50 bits per heavy atom. The van der Waals surface area contributed by atoms with Crippen molar-refractivity contribution in [3.05, 3.63) is 54.5 Å². The van der Waals surface area contributed by atoms with E-state index in [2.05, 4.69) is 4.99 Å². The average molecular weight is 206 g/mol. The van der Waals surface area contributed by atoms with Crippen molar-refractivity contribution in [1.82, 2.24) is 0 Å². The lowest BCUT2D eigenvalue weighted by molar-refractivity contribution is 0.559. The number of halogens is 1. The molecule has 0 fully saturated rings. The van der Waals surface area contributed by atoms with Gasteiger partial charge in [0.2, 0.25) is 0 Å². The lowest BCUT2D eigenvalue weighted by Gasteiger charge is -1.94. The summed E-state index contributed by atoms with van der Waals surface area (Å²) in [6.07, 6.45) is 1.57. The summed E-state index contributed by atoms with van der Waals surface area (Å²) in [6, 6.07) is 13.1. The second kappa shape index (κ2) is 4.11. The first-order valence-corrected chi connectivity index (χ1v) is 4.57. The van der Waals surface area contributed by atoms with Gasteiger partial charge in [-0.1, -0.05) is 29.8 Å². The summed E-state index contributed by atoms with van der Waals surface area (Å²) in [6.45, 7) is 0. The molecule has 0 aliphatic carbocycles. The Balaban J connectivity index is 2.28. The van der Waals surface area contributed by atoms with Crippen LogP contribution in [0.3, 0.4) is 0 Å². The first-order valence-electron chi connectivity index (χ1n) is 4.19. The molecule has 1 aromatic carbocycles. The maximum atomic E-state index is 5.94. The molecule has 2 rings (SSSR count). The highest BCUT2D eigenvalue weighted by Gasteiger charge is 2.01. The van der Waals surface area contributed by atoms with Crippen LogP contribution in [-0.4, -0.2) is 5.17 Å². The van der Waals surface area contributed by atoms with Gasteiger partial charge >= 0.3 is 0 Å². The van der Waals surface area contributed by atoms with Crippen molar-refractivity contribution in [2.75, 3.05) is 0 Å². The van der Waals surface area contributed by atoms with Gasteiger partial charge in [0.25, 0.3) is 0 Å². The van der Waals surface area contributed by atoms with E-state index < -0.39 is 0 Å². The summed E-state index contributed by atoms with van der Waals surface area (Å²) in [7, 11) is 0. The molecule has 0 bridgehead atoms. The lowest BCUT2D eigenvalue weighted by atomic mass is 10.3. The fraction of sp³-hybridized carbons (Fsp3) is 0. The zero-order chi connectivity index (χ0) is 9.80. The third-order valence-electron chi connectivity index (χ3n) is 1.71. The quantitative estimate of drug-likeness (QED) is 0.688. The molecule has 0 N–H and O–H groups in total. The van der Waals surface area contributed by atoms with E-state index in [4.69, 9.17) is 16.0 Å². The average Bonchev–Trinajstić information content (AvgIpc) is 2.72. The van der Waals surface area contributed by atoms with Gasteiger partial charge in [0.15, 0.2) is 10.9 Å². The molecule has 3 heteroatoms. The van der Waals surface area contributed by atoms with Gasteiger partial charge in [-0.2, -0.15) is 0 Å². The van der Waals surface area contributed by atoms with Crippen LogP contribution in [0.15, 0.2) is 58.1 Å². The third-order valence-corrected chi connectivity index (χ3v) is 1.98. The van der Waals surface area contributed by atoms with Gasteiger partial charge in [-0.25, -0.2) is 4.99 Å². The highest BCUT2D eigenvalue weighted by atomic mass is 35.5. The smallest absolute Gasteiger partial charge is 0.172 e. The number of furan rings is 1. The van der Waals surface area contributed by atoms with E-state index in [0.717, 1.165) is 5.69 Å². The van der Waals surface area contributed by atoms with Crippen molar-refractivity contribution in [3.8, 4) is 0 Å². The van der Waals surface area contributed by atoms with Crippen LogP contribution < -0.4 is 0 Å². The highest BCUT2D eigenvalue weighted by molar-refractivity contribution is 6.69. The fourth-order valence-corrected chi connectivity index (χ4v) is 1.27. The van der Waals surface area contributed by atoms with Crippen LogP contribution >= 0.6 is 11.6 Å². The SMILES string of the molecule is ClC(=Nc1ccccc1)c1ccco1. The molecule has 0 atom stereocenters. The van der Waals surface area contributed by atoms with Gasteiger partial charge in [-0.15, -0.1) is 0 Å². The lowest BCUT2D eigenvalue weighted by Crippen LogP contribution is -1.85. The largest absolute Gasteiger partial charge is 0.462 e. The Hall–Kier alpha value is -1.54. The van der Waals surface area contributed by atoms with Crippen LogP contribution in [-0.2, 0) is 0 Å². The zero-order valence-corrected chi connectivity index (χ0v) is 8.11. The van der Waals surface area contributed by atoms with Crippen LogP contribution in [0.2, 0.25) is 0 Å². The van der Waals surface area contributed by atoms with Crippen LogP contribution in [0.1, 0.15) is 5.76 Å². The number of nitrogens with zero attached hydrogens (tertiary/aromatic N) is 1. The monoisotopic (exact) mass is 205 g/mol. The number of hydrogen-bond acceptors (Lipinski definition) is 2. The highest BCUT2D eigenvalue weighted by Crippen LogP contribution is 2.15. The van der Waals surface area contributed by atoms with E-state index in [1.165, 1.54) is 0 Å². The molecular weight excluding hydrogens is 198 g/mol. The molecule has 0 amide bonds. The Labute approximate surface area is 86.8 Å². The number of rotatable bonds is 2. The van der Waals surface area contributed by atoms with E-state index in [-0.39, 0.29) is 0 Å². The Kier molecular flexibility index (Phi) is 2.65. The van der Waals surface area contributed by atoms with Crippen LogP contribution in [0.5, 0.6) is 0 Å². The van der Waals surface area contributed by atoms with Gasteiger partial charge in [-0.05, 0) is 24.3 Å². The molecule has 1 aromatic heterocycles. The number of benzene rings is 1. The number of hydrogen-bond donors (Lipinski definition) is 0. The minimum atomic E-state index is 0.362. The van der Waals surface area contributed by atoms with Crippen molar-refractivity contribution >= 4 is 22.5 Å². The van der Waals surface area contributed by atoms with Crippen molar-refractivity contribution < 1.29 is 4.42 Å². The van der Waals surface area contributed by atoms with Crippen LogP contribution in [0, 0.1) is 0 Å². The molecule has 14 heavy (non-hydrogen) atoms. The third kappa shape index (κ3) is 2.03. The molecule has 1 heterocycles. The van der Waals surface area contributed by atoms with Gasteiger partial charge < -0.3 is 4.42 Å². The topological polar surface area (TPSA) is 25.5 Å². The number of aliphatic imine (C=N–C) groups is 1. The summed E-state index contributed by atoms with van der Waals surface area (Å²) in [5.74, 6) is 0.579. The zero-order valence-electron chi connectivity index (χ0n) is 7.35.